The average Bonchev–Trinajstić information content (AvgIpc) is 2.30. The Morgan fingerprint density at radius 1 is 1.33 bits per heavy atom. The van der Waals surface area contributed by atoms with E-state index < -0.39 is 0 Å². The molecule has 5 heteroatoms. The van der Waals surface area contributed by atoms with Gasteiger partial charge in [-0.25, -0.2) is 0 Å². The molecule has 1 aromatic rings. The Morgan fingerprint density at radius 3 is 2.50 bits per heavy atom. The lowest BCUT2D eigenvalue weighted by Crippen LogP contribution is -2.43. The quantitative estimate of drug-likeness (QED) is 0.769. The second-order valence-corrected chi connectivity index (χ2v) is 5.33. The standard InChI is InChI=1S/C13H16ClNO3/c1-8-2-3-15(7-12(8)14)13(18)9-4-10(16)6-11(17)5-9/h4-6,8,12,16-17H,2-3,7H2,1H3. The van der Waals surface area contributed by atoms with Gasteiger partial charge >= 0.3 is 0 Å². The molecule has 1 saturated heterocycles. The first-order chi connectivity index (χ1) is 8.47. The summed E-state index contributed by atoms with van der Waals surface area (Å²) in [6, 6.07) is 3.89. The van der Waals surface area contributed by atoms with Gasteiger partial charge in [-0.3, -0.25) is 4.79 Å². The number of carbonyl (C=O) groups excluding carboxylic acids is 1. The number of benzene rings is 1. The summed E-state index contributed by atoms with van der Waals surface area (Å²) in [5.41, 5.74) is 0.283. The lowest BCUT2D eigenvalue weighted by Gasteiger charge is -2.34. The number of piperidine rings is 1. The largest absolute Gasteiger partial charge is 0.508 e. The number of phenols is 2. The molecule has 4 nitrogen and oxygen atoms in total. The van der Waals surface area contributed by atoms with Crippen molar-refractivity contribution in [1.82, 2.24) is 4.90 Å². The molecule has 0 aliphatic carbocycles. The number of alkyl halides is 1. The van der Waals surface area contributed by atoms with Crippen LogP contribution >= 0.6 is 11.6 Å². The van der Waals surface area contributed by atoms with Gasteiger partial charge < -0.3 is 15.1 Å². The zero-order valence-electron chi connectivity index (χ0n) is 10.1. The molecule has 0 bridgehead atoms. The molecule has 0 saturated carbocycles. The van der Waals surface area contributed by atoms with E-state index in [4.69, 9.17) is 11.6 Å². The first-order valence-electron chi connectivity index (χ1n) is 5.93. The summed E-state index contributed by atoms with van der Waals surface area (Å²) in [4.78, 5) is 13.9. The highest BCUT2D eigenvalue weighted by Crippen LogP contribution is 2.25. The van der Waals surface area contributed by atoms with Gasteiger partial charge in [-0.1, -0.05) is 6.92 Å². The highest BCUT2D eigenvalue weighted by atomic mass is 35.5. The summed E-state index contributed by atoms with van der Waals surface area (Å²) < 4.78 is 0. The minimum atomic E-state index is -0.209. The number of phenolic OH excluding ortho intramolecular Hbond substituents is 2. The number of carbonyl (C=O) groups is 1. The predicted octanol–water partition coefficient (Wildman–Crippen LogP) is 2.19. The number of aromatic hydroxyl groups is 2. The minimum absolute atomic E-state index is 0.0476. The molecule has 1 aliphatic heterocycles. The molecule has 0 aromatic heterocycles. The van der Waals surface area contributed by atoms with E-state index in [9.17, 15) is 15.0 Å². The van der Waals surface area contributed by atoms with Crippen LogP contribution in [0.5, 0.6) is 11.5 Å². The van der Waals surface area contributed by atoms with E-state index in [1.165, 1.54) is 18.2 Å². The fourth-order valence-electron chi connectivity index (χ4n) is 2.11. The lowest BCUT2D eigenvalue weighted by molar-refractivity contribution is 0.0700. The molecule has 0 radical (unpaired) electrons. The molecule has 1 aliphatic rings. The van der Waals surface area contributed by atoms with E-state index in [0.29, 0.717) is 19.0 Å². The monoisotopic (exact) mass is 269 g/mol. The molecule has 0 spiro atoms. The number of nitrogens with zero attached hydrogens (tertiary/aromatic N) is 1. The van der Waals surface area contributed by atoms with Gasteiger partial charge in [-0.2, -0.15) is 0 Å². The molecule has 1 aromatic carbocycles. The van der Waals surface area contributed by atoms with Crippen molar-refractivity contribution < 1.29 is 15.0 Å². The first-order valence-corrected chi connectivity index (χ1v) is 6.37. The summed E-state index contributed by atoms with van der Waals surface area (Å²) in [6.07, 6.45) is 0.866. The second-order valence-electron chi connectivity index (χ2n) is 4.77. The molecular weight excluding hydrogens is 254 g/mol. The van der Waals surface area contributed by atoms with Gasteiger partial charge in [0.2, 0.25) is 0 Å². The van der Waals surface area contributed by atoms with Gasteiger partial charge in [0.15, 0.2) is 0 Å². The Kier molecular flexibility index (Phi) is 3.66. The topological polar surface area (TPSA) is 60.8 Å². The molecule has 1 amide bonds. The van der Waals surface area contributed by atoms with Crippen LogP contribution in [0.1, 0.15) is 23.7 Å². The van der Waals surface area contributed by atoms with Crippen LogP contribution in [0.4, 0.5) is 0 Å². The number of rotatable bonds is 1. The van der Waals surface area contributed by atoms with E-state index in [2.05, 4.69) is 6.92 Å². The zero-order valence-corrected chi connectivity index (χ0v) is 10.9. The summed E-state index contributed by atoms with van der Waals surface area (Å²) in [6.45, 7) is 3.22. The smallest absolute Gasteiger partial charge is 0.254 e. The predicted molar refractivity (Wildman–Crippen MR) is 69.1 cm³/mol. The van der Waals surface area contributed by atoms with Crippen molar-refractivity contribution in [3.05, 3.63) is 23.8 Å². The Balaban J connectivity index is 2.16. The van der Waals surface area contributed by atoms with Gasteiger partial charge in [0, 0.05) is 24.7 Å². The van der Waals surface area contributed by atoms with Crippen LogP contribution < -0.4 is 0 Å². The molecule has 1 fully saturated rings. The Bertz CT molecular complexity index is 443. The van der Waals surface area contributed by atoms with Crippen LogP contribution in [0.2, 0.25) is 0 Å². The minimum Gasteiger partial charge on any atom is -0.508 e. The fraction of sp³-hybridized carbons (Fsp3) is 0.462. The van der Waals surface area contributed by atoms with Crippen LogP contribution in [0.3, 0.4) is 0 Å². The molecule has 2 N–H and O–H groups in total. The highest BCUT2D eigenvalue weighted by Gasteiger charge is 2.28. The van der Waals surface area contributed by atoms with Crippen molar-refractivity contribution in [3.8, 4) is 11.5 Å². The highest BCUT2D eigenvalue weighted by molar-refractivity contribution is 6.21. The molecular formula is C13H16ClNO3. The van der Waals surface area contributed by atoms with Crippen LogP contribution in [0, 0.1) is 5.92 Å². The average molecular weight is 270 g/mol. The van der Waals surface area contributed by atoms with Crippen molar-refractivity contribution in [2.75, 3.05) is 13.1 Å². The van der Waals surface area contributed by atoms with E-state index in [-0.39, 0.29) is 28.3 Å². The third-order valence-corrected chi connectivity index (χ3v) is 3.87. The third kappa shape index (κ3) is 2.70. The Hall–Kier alpha value is -1.42. The van der Waals surface area contributed by atoms with Crippen LogP contribution in [0.15, 0.2) is 18.2 Å². The van der Waals surface area contributed by atoms with Crippen molar-refractivity contribution in [2.45, 2.75) is 18.7 Å². The Morgan fingerprint density at radius 2 is 1.94 bits per heavy atom. The SMILES string of the molecule is CC1CCN(C(=O)c2cc(O)cc(O)c2)CC1Cl. The maximum atomic E-state index is 12.2. The summed E-state index contributed by atoms with van der Waals surface area (Å²) >= 11 is 6.16. The normalized spacial score (nSPS) is 24.0. The van der Waals surface area contributed by atoms with Crippen LogP contribution in [-0.2, 0) is 0 Å². The maximum absolute atomic E-state index is 12.2. The summed E-state index contributed by atoms with van der Waals surface area (Å²) in [5.74, 6) is -0.0515. The number of hydrogen-bond donors (Lipinski definition) is 2. The second kappa shape index (κ2) is 5.06. The molecule has 2 atom stereocenters. The Labute approximate surface area is 111 Å². The molecule has 2 rings (SSSR count). The summed E-state index contributed by atoms with van der Waals surface area (Å²) in [7, 11) is 0. The molecule has 18 heavy (non-hydrogen) atoms. The number of hydrogen-bond acceptors (Lipinski definition) is 3. The van der Waals surface area contributed by atoms with E-state index in [1.807, 2.05) is 0 Å². The maximum Gasteiger partial charge on any atom is 0.254 e. The van der Waals surface area contributed by atoms with Crippen molar-refractivity contribution in [2.24, 2.45) is 5.92 Å². The van der Waals surface area contributed by atoms with Crippen LogP contribution in [0.25, 0.3) is 0 Å². The van der Waals surface area contributed by atoms with Crippen molar-refractivity contribution in [1.29, 1.82) is 0 Å². The number of amides is 1. The molecule has 1 heterocycles. The van der Waals surface area contributed by atoms with Crippen LogP contribution in [-0.4, -0.2) is 39.5 Å². The lowest BCUT2D eigenvalue weighted by atomic mass is 9.98. The molecule has 98 valence electrons. The van der Waals surface area contributed by atoms with Gasteiger partial charge in [-0.05, 0) is 24.5 Å². The third-order valence-electron chi connectivity index (χ3n) is 3.30. The molecule has 2 unspecified atom stereocenters. The van der Waals surface area contributed by atoms with Crippen molar-refractivity contribution in [3.63, 3.8) is 0 Å². The van der Waals surface area contributed by atoms with E-state index in [1.54, 1.807) is 4.90 Å². The van der Waals surface area contributed by atoms with Gasteiger partial charge in [0.05, 0.1) is 5.38 Å². The van der Waals surface area contributed by atoms with E-state index in [0.717, 1.165) is 6.42 Å². The summed E-state index contributed by atoms with van der Waals surface area (Å²) in [5, 5.41) is 18.7. The first kappa shape index (κ1) is 13.0. The van der Waals surface area contributed by atoms with Crippen molar-refractivity contribution >= 4 is 17.5 Å². The fourth-order valence-corrected chi connectivity index (χ4v) is 2.40. The van der Waals surface area contributed by atoms with Gasteiger partial charge in [-0.15, -0.1) is 11.6 Å². The van der Waals surface area contributed by atoms with E-state index >= 15 is 0 Å². The van der Waals surface area contributed by atoms with Gasteiger partial charge in [0.25, 0.3) is 5.91 Å². The number of likely N-dealkylation sites (tertiary alicyclic amines) is 1. The number of halogens is 1. The zero-order chi connectivity index (χ0) is 13.3. The van der Waals surface area contributed by atoms with Gasteiger partial charge in [0.1, 0.15) is 11.5 Å².